The molecule has 2 unspecified atom stereocenters. The SMILES string of the molecule is Cc1cc(OC(C)C(=O)N2CCN(C3CCS(=O)(=O)C3)CC2)ccc1Cl. The molecule has 2 saturated heterocycles. The van der Waals surface area contributed by atoms with Crippen molar-refractivity contribution < 1.29 is 17.9 Å². The van der Waals surface area contributed by atoms with E-state index < -0.39 is 15.9 Å². The van der Waals surface area contributed by atoms with Gasteiger partial charge < -0.3 is 9.64 Å². The second-order valence-corrected chi connectivity index (χ2v) is 9.73. The van der Waals surface area contributed by atoms with Gasteiger partial charge in [-0.05, 0) is 44.0 Å². The van der Waals surface area contributed by atoms with Crippen molar-refractivity contribution in [1.82, 2.24) is 9.80 Å². The maximum atomic E-state index is 12.6. The third kappa shape index (κ3) is 4.50. The highest BCUT2D eigenvalue weighted by Crippen LogP contribution is 2.23. The van der Waals surface area contributed by atoms with E-state index in [1.807, 2.05) is 13.0 Å². The van der Waals surface area contributed by atoms with Crippen molar-refractivity contribution in [3.63, 3.8) is 0 Å². The summed E-state index contributed by atoms with van der Waals surface area (Å²) >= 11 is 6.01. The first-order valence-electron chi connectivity index (χ1n) is 8.91. The van der Waals surface area contributed by atoms with Crippen LogP contribution in [0.2, 0.25) is 5.02 Å². The zero-order valence-electron chi connectivity index (χ0n) is 15.2. The number of carbonyl (C=O) groups excluding carboxylic acids is 1. The fraction of sp³-hybridized carbons (Fsp3) is 0.611. The number of rotatable bonds is 4. The standard InChI is InChI=1S/C18H25ClN2O4S/c1-13-11-16(3-4-17(13)19)25-14(2)18(22)21-8-6-20(7-9-21)15-5-10-26(23,24)12-15/h3-4,11,14-15H,5-10,12H2,1-2H3. The topological polar surface area (TPSA) is 66.9 Å². The van der Waals surface area contributed by atoms with Crippen molar-refractivity contribution in [2.24, 2.45) is 0 Å². The van der Waals surface area contributed by atoms with Crippen molar-refractivity contribution in [2.45, 2.75) is 32.4 Å². The molecule has 6 nitrogen and oxygen atoms in total. The summed E-state index contributed by atoms with van der Waals surface area (Å²) < 4.78 is 29.1. The lowest BCUT2D eigenvalue weighted by Gasteiger charge is -2.38. The molecule has 1 aromatic rings. The van der Waals surface area contributed by atoms with E-state index >= 15 is 0 Å². The quantitative estimate of drug-likeness (QED) is 0.770. The molecule has 0 spiro atoms. The lowest BCUT2D eigenvalue weighted by molar-refractivity contribution is -0.140. The second kappa shape index (κ2) is 7.74. The Balaban J connectivity index is 1.52. The molecule has 2 aliphatic heterocycles. The molecule has 2 fully saturated rings. The molecule has 144 valence electrons. The maximum absolute atomic E-state index is 12.6. The van der Waals surface area contributed by atoms with E-state index in [1.54, 1.807) is 24.0 Å². The molecule has 2 heterocycles. The van der Waals surface area contributed by atoms with Crippen LogP contribution in [0, 0.1) is 6.92 Å². The summed E-state index contributed by atoms with van der Waals surface area (Å²) in [6, 6.07) is 5.45. The van der Waals surface area contributed by atoms with Gasteiger partial charge in [-0.1, -0.05) is 11.6 Å². The Morgan fingerprint density at radius 3 is 2.54 bits per heavy atom. The zero-order valence-corrected chi connectivity index (χ0v) is 16.7. The summed E-state index contributed by atoms with van der Waals surface area (Å²) in [4.78, 5) is 16.6. The van der Waals surface area contributed by atoms with Crippen molar-refractivity contribution in [3.05, 3.63) is 28.8 Å². The van der Waals surface area contributed by atoms with Crippen LogP contribution < -0.4 is 4.74 Å². The molecule has 0 bridgehead atoms. The van der Waals surface area contributed by atoms with Crippen LogP contribution in [-0.2, 0) is 14.6 Å². The predicted octanol–water partition coefficient (Wildman–Crippen LogP) is 1.75. The number of aryl methyl sites for hydroxylation is 1. The summed E-state index contributed by atoms with van der Waals surface area (Å²) in [5.74, 6) is 1.11. The van der Waals surface area contributed by atoms with Crippen LogP contribution in [-0.4, -0.2) is 74.0 Å². The molecule has 0 aliphatic carbocycles. The van der Waals surface area contributed by atoms with Crippen molar-refractivity contribution in [3.8, 4) is 5.75 Å². The highest BCUT2D eigenvalue weighted by molar-refractivity contribution is 7.91. The van der Waals surface area contributed by atoms with Gasteiger partial charge in [-0.15, -0.1) is 0 Å². The minimum absolute atomic E-state index is 0.0451. The summed E-state index contributed by atoms with van der Waals surface area (Å²) in [6.07, 6.45) is 0.125. The van der Waals surface area contributed by atoms with E-state index in [0.717, 1.165) is 5.56 Å². The van der Waals surface area contributed by atoms with Crippen LogP contribution in [0.4, 0.5) is 0 Å². The number of benzene rings is 1. The number of ether oxygens (including phenoxy) is 1. The first-order valence-corrected chi connectivity index (χ1v) is 11.1. The van der Waals surface area contributed by atoms with Gasteiger partial charge >= 0.3 is 0 Å². The first kappa shape index (κ1) is 19.5. The van der Waals surface area contributed by atoms with E-state index in [9.17, 15) is 13.2 Å². The van der Waals surface area contributed by atoms with Crippen LogP contribution in [0.3, 0.4) is 0 Å². The van der Waals surface area contributed by atoms with Crippen molar-refractivity contribution in [1.29, 1.82) is 0 Å². The molecular formula is C18H25ClN2O4S. The van der Waals surface area contributed by atoms with Crippen LogP contribution in [0.25, 0.3) is 0 Å². The number of carbonyl (C=O) groups is 1. The summed E-state index contributed by atoms with van der Waals surface area (Å²) in [5.41, 5.74) is 0.906. The fourth-order valence-electron chi connectivity index (χ4n) is 3.57. The third-order valence-electron chi connectivity index (χ3n) is 5.14. The number of amides is 1. The van der Waals surface area contributed by atoms with Gasteiger partial charge in [-0.25, -0.2) is 8.42 Å². The largest absolute Gasteiger partial charge is 0.481 e. The van der Waals surface area contributed by atoms with E-state index in [1.165, 1.54) is 0 Å². The Bertz CT molecular complexity index is 775. The van der Waals surface area contributed by atoms with Crippen molar-refractivity contribution >= 4 is 27.3 Å². The number of piperazine rings is 1. The average molecular weight is 401 g/mol. The molecule has 1 amide bonds. The summed E-state index contributed by atoms with van der Waals surface area (Å²) in [7, 11) is -2.88. The van der Waals surface area contributed by atoms with Crippen LogP contribution in [0.5, 0.6) is 5.75 Å². The van der Waals surface area contributed by atoms with Crippen LogP contribution in [0.1, 0.15) is 18.9 Å². The van der Waals surface area contributed by atoms with Crippen molar-refractivity contribution in [2.75, 3.05) is 37.7 Å². The number of halogens is 1. The minimum Gasteiger partial charge on any atom is -0.481 e. The van der Waals surface area contributed by atoms with Gasteiger partial charge in [0, 0.05) is 37.2 Å². The minimum atomic E-state index is -2.88. The van der Waals surface area contributed by atoms with Gasteiger partial charge in [-0.2, -0.15) is 0 Å². The number of nitrogens with zero attached hydrogens (tertiary/aromatic N) is 2. The Kier molecular flexibility index (Phi) is 5.79. The molecule has 0 saturated carbocycles. The van der Waals surface area contributed by atoms with Gasteiger partial charge in [-0.3, -0.25) is 9.69 Å². The molecule has 1 aromatic carbocycles. The molecule has 2 atom stereocenters. The predicted molar refractivity (Wildman–Crippen MR) is 101 cm³/mol. The van der Waals surface area contributed by atoms with Gasteiger partial charge in [0.1, 0.15) is 5.75 Å². The second-order valence-electron chi connectivity index (χ2n) is 7.09. The Morgan fingerprint density at radius 1 is 1.27 bits per heavy atom. The highest BCUT2D eigenvalue weighted by atomic mass is 35.5. The van der Waals surface area contributed by atoms with E-state index in [4.69, 9.17) is 16.3 Å². The number of hydrogen-bond acceptors (Lipinski definition) is 5. The van der Waals surface area contributed by atoms with E-state index in [-0.39, 0.29) is 23.5 Å². The molecule has 8 heteroatoms. The lowest BCUT2D eigenvalue weighted by Crippen LogP contribution is -2.54. The smallest absolute Gasteiger partial charge is 0.263 e. The van der Waals surface area contributed by atoms with Gasteiger partial charge in [0.05, 0.1) is 11.5 Å². The molecule has 0 N–H and O–H groups in total. The highest BCUT2D eigenvalue weighted by Gasteiger charge is 2.35. The first-order chi connectivity index (χ1) is 12.2. The summed E-state index contributed by atoms with van der Waals surface area (Å²) in [6.45, 7) is 6.26. The summed E-state index contributed by atoms with van der Waals surface area (Å²) in [5, 5.41) is 0.668. The zero-order chi connectivity index (χ0) is 18.9. The normalized spacial score (nSPS) is 24.4. The number of sulfone groups is 1. The lowest BCUT2D eigenvalue weighted by atomic mass is 10.2. The molecule has 3 rings (SSSR count). The van der Waals surface area contributed by atoms with Gasteiger partial charge in [0.2, 0.25) is 0 Å². The molecule has 26 heavy (non-hydrogen) atoms. The molecule has 0 aromatic heterocycles. The average Bonchev–Trinajstić information content (AvgIpc) is 2.97. The van der Waals surface area contributed by atoms with Crippen LogP contribution >= 0.6 is 11.6 Å². The molecule has 0 radical (unpaired) electrons. The van der Waals surface area contributed by atoms with E-state index in [2.05, 4.69) is 4.90 Å². The Labute approximate surface area is 160 Å². The van der Waals surface area contributed by atoms with Crippen LogP contribution in [0.15, 0.2) is 18.2 Å². The third-order valence-corrected chi connectivity index (χ3v) is 7.32. The molecule has 2 aliphatic rings. The Morgan fingerprint density at radius 2 is 1.96 bits per heavy atom. The van der Waals surface area contributed by atoms with Gasteiger partial charge in [0.25, 0.3) is 5.91 Å². The number of hydrogen-bond donors (Lipinski definition) is 0. The monoisotopic (exact) mass is 400 g/mol. The fourth-order valence-corrected chi connectivity index (χ4v) is 5.45. The van der Waals surface area contributed by atoms with Gasteiger partial charge in [0.15, 0.2) is 15.9 Å². The molecular weight excluding hydrogens is 376 g/mol. The maximum Gasteiger partial charge on any atom is 0.263 e. The Hall–Kier alpha value is -1.31. The van der Waals surface area contributed by atoms with E-state index in [0.29, 0.717) is 43.4 Å².